The van der Waals surface area contributed by atoms with Crippen LogP contribution in [0, 0.1) is 5.92 Å². The SMILES string of the molecule is Cl.O=C(Nc1cccnn1)c1ccc(CC2CCNC2)cc1. The molecule has 3 rings (SSSR count). The van der Waals surface area contributed by atoms with Gasteiger partial charge in [0.2, 0.25) is 0 Å². The molecule has 6 heteroatoms. The van der Waals surface area contributed by atoms with Gasteiger partial charge in [0.15, 0.2) is 5.82 Å². The summed E-state index contributed by atoms with van der Waals surface area (Å²) in [5.41, 5.74) is 1.91. The fraction of sp³-hybridized carbons (Fsp3) is 0.312. The van der Waals surface area contributed by atoms with Gasteiger partial charge in [0.05, 0.1) is 0 Å². The van der Waals surface area contributed by atoms with Crippen molar-refractivity contribution in [3.8, 4) is 0 Å². The highest BCUT2D eigenvalue weighted by Crippen LogP contribution is 2.16. The summed E-state index contributed by atoms with van der Waals surface area (Å²) < 4.78 is 0. The van der Waals surface area contributed by atoms with E-state index >= 15 is 0 Å². The van der Waals surface area contributed by atoms with E-state index in [1.807, 2.05) is 24.3 Å². The van der Waals surface area contributed by atoms with Gasteiger partial charge in [-0.25, -0.2) is 0 Å². The van der Waals surface area contributed by atoms with Crippen molar-refractivity contribution < 1.29 is 4.79 Å². The van der Waals surface area contributed by atoms with Gasteiger partial charge in [0.25, 0.3) is 5.91 Å². The van der Waals surface area contributed by atoms with Crippen molar-refractivity contribution >= 4 is 24.1 Å². The minimum atomic E-state index is -0.162. The number of amides is 1. The molecule has 0 spiro atoms. The molecule has 0 radical (unpaired) electrons. The lowest BCUT2D eigenvalue weighted by Gasteiger charge is -2.09. The molecule has 0 aliphatic carbocycles. The second kappa shape index (κ2) is 7.87. The predicted octanol–water partition coefficient (Wildman–Crippen LogP) is 2.30. The number of carbonyl (C=O) groups is 1. The monoisotopic (exact) mass is 318 g/mol. The molecule has 1 aromatic heterocycles. The Hall–Kier alpha value is -1.98. The highest BCUT2D eigenvalue weighted by Gasteiger charge is 2.15. The number of nitrogens with zero attached hydrogens (tertiary/aromatic N) is 2. The van der Waals surface area contributed by atoms with Crippen molar-refractivity contribution in [2.24, 2.45) is 5.92 Å². The molecule has 1 atom stereocenters. The van der Waals surface area contributed by atoms with Crippen LogP contribution >= 0.6 is 12.4 Å². The predicted molar refractivity (Wildman–Crippen MR) is 88.4 cm³/mol. The van der Waals surface area contributed by atoms with Crippen LogP contribution in [0.15, 0.2) is 42.6 Å². The molecule has 1 saturated heterocycles. The van der Waals surface area contributed by atoms with Crippen LogP contribution in [0.5, 0.6) is 0 Å². The molecule has 2 aromatic rings. The van der Waals surface area contributed by atoms with E-state index < -0.39 is 0 Å². The molecule has 2 heterocycles. The molecule has 1 amide bonds. The molecule has 22 heavy (non-hydrogen) atoms. The van der Waals surface area contributed by atoms with Crippen molar-refractivity contribution in [3.05, 3.63) is 53.7 Å². The molecule has 1 unspecified atom stereocenters. The lowest BCUT2D eigenvalue weighted by atomic mass is 9.98. The van der Waals surface area contributed by atoms with Gasteiger partial charge in [-0.05, 0) is 61.7 Å². The van der Waals surface area contributed by atoms with Gasteiger partial charge in [-0.2, -0.15) is 5.10 Å². The fourth-order valence-corrected chi connectivity index (χ4v) is 2.57. The molecule has 5 nitrogen and oxygen atoms in total. The number of aromatic nitrogens is 2. The number of benzene rings is 1. The molecular formula is C16H19ClN4O. The number of hydrogen-bond acceptors (Lipinski definition) is 4. The van der Waals surface area contributed by atoms with Crippen molar-refractivity contribution in [2.45, 2.75) is 12.8 Å². The van der Waals surface area contributed by atoms with Gasteiger partial charge in [-0.3, -0.25) is 4.79 Å². The number of halogens is 1. The summed E-state index contributed by atoms with van der Waals surface area (Å²) in [5, 5.41) is 13.7. The van der Waals surface area contributed by atoms with Crippen LogP contribution in [0.25, 0.3) is 0 Å². The minimum absolute atomic E-state index is 0. The van der Waals surface area contributed by atoms with E-state index in [1.54, 1.807) is 18.3 Å². The molecule has 2 N–H and O–H groups in total. The molecular weight excluding hydrogens is 300 g/mol. The summed E-state index contributed by atoms with van der Waals surface area (Å²) >= 11 is 0. The Kier molecular flexibility index (Phi) is 5.86. The summed E-state index contributed by atoms with van der Waals surface area (Å²) in [6.07, 6.45) is 3.87. The van der Waals surface area contributed by atoms with Gasteiger partial charge in [-0.1, -0.05) is 12.1 Å². The zero-order chi connectivity index (χ0) is 14.5. The van der Waals surface area contributed by atoms with Crippen LogP contribution < -0.4 is 10.6 Å². The van der Waals surface area contributed by atoms with Crippen LogP contribution in [0.2, 0.25) is 0 Å². The van der Waals surface area contributed by atoms with Crippen molar-refractivity contribution in [1.29, 1.82) is 0 Å². The first kappa shape index (κ1) is 16.4. The first-order valence-corrected chi connectivity index (χ1v) is 7.20. The van der Waals surface area contributed by atoms with E-state index in [-0.39, 0.29) is 18.3 Å². The average molecular weight is 319 g/mol. The number of rotatable bonds is 4. The summed E-state index contributed by atoms with van der Waals surface area (Å²) in [6.45, 7) is 2.21. The Morgan fingerprint density at radius 2 is 2.09 bits per heavy atom. The smallest absolute Gasteiger partial charge is 0.256 e. The second-order valence-corrected chi connectivity index (χ2v) is 5.32. The lowest BCUT2D eigenvalue weighted by Crippen LogP contribution is -2.13. The van der Waals surface area contributed by atoms with E-state index in [0.29, 0.717) is 17.3 Å². The number of nitrogens with one attached hydrogen (secondary N) is 2. The first-order chi connectivity index (χ1) is 10.3. The quantitative estimate of drug-likeness (QED) is 0.908. The van der Waals surface area contributed by atoms with E-state index in [4.69, 9.17) is 0 Å². The Labute approximate surface area is 135 Å². The molecule has 1 fully saturated rings. The minimum Gasteiger partial charge on any atom is -0.316 e. The van der Waals surface area contributed by atoms with Gasteiger partial charge < -0.3 is 10.6 Å². The largest absolute Gasteiger partial charge is 0.316 e. The third kappa shape index (κ3) is 4.26. The van der Waals surface area contributed by atoms with E-state index in [2.05, 4.69) is 20.8 Å². The van der Waals surface area contributed by atoms with Crippen LogP contribution in [-0.4, -0.2) is 29.2 Å². The van der Waals surface area contributed by atoms with Gasteiger partial charge in [0, 0.05) is 11.8 Å². The van der Waals surface area contributed by atoms with Gasteiger partial charge in [-0.15, -0.1) is 17.5 Å². The van der Waals surface area contributed by atoms with E-state index in [9.17, 15) is 4.79 Å². The summed E-state index contributed by atoms with van der Waals surface area (Å²) in [4.78, 5) is 12.1. The number of carbonyl (C=O) groups excluding carboxylic acids is 1. The number of anilines is 1. The van der Waals surface area contributed by atoms with Crippen molar-refractivity contribution in [2.75, 3.05) is 18.4 Å². The Morgan fingerprint density at radius 1 is 1.27 bits per heavy atom. The zero-order valence-electron chi connectivity index (χ0n) is 12.2. The number of hydrogen-bond donors (Lipinski definition) is 2. The molecule has 1 aliphatic rings. The fourth-order valence-electron chi connectivity index (χ4n) is 2.57. The molecule has 0 bridgehead atoms. The lowest BCUT2D eigenvalue weighted by molar-refractivity contribution is 0.102. The van der Waals surface area contributed by atoms with Crippen LogP contribution in [0.1, 0.15) is 22.3 Å². The second-order valence-electron chi connectivity index (χ2n) is 5.32. The van der Waals surface area contributed by atoms with Crippen molar-refractivity contribution in [1.82, 2.24) is 15.5 Å². The summed E-state index contributed by atoms with van der Waals surface area (Å²) in [7, 11) is 0. The maximum atomic E-state index is 12.1. The van der Waals surface area contributed by atoms with Crippen LogP contribution in [-0.2, 0) is 6.42 Å². The van der Waals surface area contributed by atoms with E-state index in [1.165, 1.54) is 12.0 Å². The Balaban J connectivity index is 0.00000176. The molecule has 0 saturated carbocycles. The standard InChI is InChI=1S/C16H18N4O.ClH/c21-16(19-15-2-1-8-18-20-15)14-5-3-12(4-6-14)10-13-7-9-17-11-13;/h1-6,8,13,17H,7,9-11H2,(H,19,20,21);1H. The topological polar surface area (TPSA) is 66.9 Å². The first-order valence-electron chi connectivity index (χ1n) is 7.20. The van der Waals surface area contributed by atoms with Crippen LogP contribution in [0.4, 0.5) is 5.82 Å². The Morgan fingerprint density at radius 3 is 2.73 bits per heavy atom. The summed E-state index contributed by atoms with van der Waals surface area (Å²) in [5.74, 6) is 1.01. The van der Waals surface area contributed by atoms with Gasteiger partial charge in [0.1, 0.15) is 0 Å². The highest BCUT2D eigenvalue weighted by molar-refractivity contribution is 6.03. The van der Waals surface area contributed by atoms with E-state index in [0.717, 1.165) is 19.5 Å². The molecule has 1 aromatic carbocycles. The maximum Gasteiger partial charge on any atom is 0.256 e. The van der Waals surface area contributed by atoms with Crippen molar-refractivity contribution in [3.63, 3.8) is 0 Å². The average Bonchev–Trinajstić information content (AvgIpc) is 3.02. The molecule has 116 valence electrons. The van der Waals surface area contributed by atoms with Crippen LogP contribution in [0.3, 0.4) is 0 Å². The summed E-state index contributed by atoms with van der Waals surface area (Å²) in [6, 6.07) is 11.2. The highest BCUT2D eigenvalue weighted by atomic mass is 35.5. The normalized spacial score (nSPS) is 16.8. The maximum absolute atomic E-state index is 12.1. The third-order valence-electron chi connectivity index (χ3n) is 3.72. The third-order valence-corrected chi connectivity index (χ3v) is 3.72. The zero-order valence-corrected chi connectivity index (χ0v) is 13.0. The Bertz CT molecular complexity index is 597. The van der Waals surface area contributed by atoms with Gasteiger partial charge >= 0.3 is 0 Å². The molecule has 1 aliphatic heterocycles.